The third-order valence-electron chi connectivity index (χ3n) is 6.62. The van der Waals surface area contributed by atoms with Crippen molar-refractivity contribution in [2.24, 2.45) is 0 Å². The third-order valence-corrected chi connectivity index (χ3v) is 8.85. The van der Waals surface area contributed by atoms with Crippen LogP contribution in [0.25, 0.3) is 0 Å². The average Bonchev–Trinajstić information content (AvgIpc) is 2.90. The normalized spacial score (nSPS) is 12.1. The van der Waals surface area contributed by atoms with Gasteiger partial charge in [-0.2, -0.15) is 0 Å². The molecule has 214 valence electrons. The molecule has 1 N–H and O–H groups in total. The molecule has 3 rings (SSSR count). The topological polar surface area (TPSA) is 86.8 Å². The van der Waals surface area contributed by atoms with E-state index < -0.39 is 28.5 Å². The molecule has 0 aromatic heterocycles. The van der Waals surface area contributed by atoms with Crippen molar-refractivity contribution in [3.63, 3.8) is 0 Å². The largest absolute Gasteiger partial charge is 0.354 e. The average molecular weight is 605 g/mol. The van der Waals surface area contributed by atoms with Crippen molar-refractivity contribution in [3.05, 3.63) is 93.5 Å². The van der Waals surface area contributed by atoms with Crippen LogP contribution in [-0.2, 0) is 26.2 Å². The monoisotopic (exact) mass is 603 g/mol. The minimum absolute atomic E-state index is 0.0119. The smallest absolute Gasteiger partial charge is 0.264 e. The number of rotatable bonds is 12. The fraction of sp³-hybridized carbons (Fsp3) is 0.333. The Hall–Kier alpha value is -3.07. The van der Waals surface area contributed by atoms with Gasteiger partial charge in [-0.05, 0) is 68.7 Å². The SMILES string of the molecule is CCCCNC(=O)[C@H](C)N(Cc1ccccc1C)C(=O)CN(c1cc(Cl)cc(Cl)c1)S(=O)(=O)c1ccc(C)cc1. The summed E-state index contributed by atoms with van der Waals surface area (Å²) in [6, 6.07) is 17.4. The van der Waals surface area contributed by atoms with E-state index in [0.29, 0.717) is 6.54 Å². The van der Waals surface area contributed by atoms with E-state index in [9.17, 15) is 18.0 Å². The highest BCUT2D eigenvalue weighted by Gasteiger charge is 2.33. The van der Waals surface area contributed by atoms with Crippen molar-refractivity contribution in [1.82, 2.24) is 10.2 Å². The highest BCUT2D eigenvalue weighted by atomic mass is 35.5. The van der Waals surface area contributed by atoms with Crippen molar-refractivity contribution in [2.45, 2.75) is 58.0 Å². The van der Waals surface area contributed by atoms with Crippen molar-refractivity contribution >= 4 is 50.7 Å². The number of aryl methyl sites for hydroxylation is 2. The number of nitrogens with zero attached hydrogens (tertiary/aromatic N) is 2. The molecule has 0 spiro atoms. The number of hydrogen-bond acceptors (Lipinski definition) is 4. The molecule has 0 aliphatic rings. The first-order valence-electron chi connectivity index (χ1n) is 13.1. The Morgan fingerprint density at radius 1 is 0.950 bits per heavy atom. The van der Waals surface area contributed by atoms with Crippen LogP contribution in [0.5, 0.6) is 0 Å². The van der Waals surface area contributed by atoms with Crippen molar-refractivity contribution in [2.75, 3.05) is 17.4 Å². The van der Waals surface area contributed by atoms with Gasteiger partial charge in [-0.25, -0.2) is 8.42 Å². The maximum atomic E-state index is 14.0. The van der Waals surface area contributed by atoms with Crippen LogP contribution < -0.4 is 9.62 Å². The lowest BCUT2D eigenvalue weighted by molar-refractivity contribution is -0.139. The van der Waals surface area contributed by atoms with Gasteiger partial charge < -0.3 is 10.2 Å². The van der Waals surface area contributed by atoms with E-state index in [4.69, 9.17) is 23.2 Å². The van der Waals surface area contributed by atoms with Crippen LogP contribution in [-0.4, -0.2) is 44.3 Å². The summed E-state index contributed by atoms with van der Waals surface area (Å²) in [5.74, 6) is -0.859. The van der Waals surface area contributed by atoms with E-state index in [1.165, 1.54) is 35.2 Å². The number of benzene rings is 3. The Labute approximate surface area is 247 Å². The van der Waals surface area contributed by atoms with Crippen LogP contribution in [0, 0.1) is 13.8 Å². The molecule has 0 radical (unpaired) electrons. The molecule has 0 bridgehead atoms. The molecule has 0 aliphatic carbocycles. The van der Waals surface area contributed by atoms with E-state index in [0.717, 1.165) is 33.8 Å². The summed E-state index contributed by atoms with van der Waals surface area (Å²) in [5, 5.41) is 3.32. The van der Waals surface area contributed by atoms with Crippen LogP contribution in [0.2, 0.25) is 10.0 Å². The summed E-state index contributed by atoms with van der Waals surface area (Å²) in [5.41, 5.74) is 2.83. The molecule has 1 atom stereocenters. The molecule has 10 heteroatoms. The summed E-state index contributed by atoms with van der Waals surface area (Å²) >= 11 is 12.5. The number of nitrogens with one attached hydrogen (secondary N) is 1. The Balaban J connectivity index is 2.04. The highest BCUT2D eigenvalue weighted by Crippen LogP contribution is 2.30. The lowest BCUT2D eigenvalue weighted by Crippen LogP contribution is -2.51. The molecule has 0 saturated heterocycles. The first-order chi connectivity index (χ1) is 18.9. The molecule has 0 unspecified atom stereocenters. The quantitative estimate of drug-likeness (QED) is 0.252. The van der Waals surface area contributed by atoms with Gasteiger partial charge in [0.15, 0.2) is 0 Å². The molecule has 0 aliphatic heterocycles. The van der Waals surface area contributed by atoms with Crippen molar-refractivity contribution in [3.8, 4) is 0 Å². The highest BCUT2D eigenvalue weighted by molar-refractivity contribution is 7.92. The lowest BCUT2D eigenvalue weighted by atomic mass is 10.1. The second-order valence-corrected chi connectivity index (χ2v) is 12.5. The zero-order valence-corrected chi connectivity index (χ0v) is 25.5. The van der Waals surface area contributed by atoms with Crippen LogP contribution in [0.3, 0.4) is 0 Å². The van der Waals surface area contributed by atoms with E-state index in [1.54, 1.807) is 19.1 Å². The van der Waals surface area contributed by atoms with Gasteiger partial charge in [-0.1, -0.05) is 78.5 Å². The van der Waals surface area contributed by atoms with Crippen LogP contribution in [0.4, 0.5) is 5.69 Å². The Morgan fingerprint density at radius 3 is 2.17 bits per heavy atom. The molecule has 2 amide bonds. The molecular weight excluding hydrogens is 569 g/mol. The van der Waals surface area contributed by atoms with Gasteiger partial charge in [0.25, 0.3) is 10.0 Å². The first-order valence-corrected chi connectivity index (χ1v) is 15.3. The lowest BCUT2D eigenvalue weighted by Gasteiger charge is -2.32. The van der Waals surface area contributed by atoms with E-state index in [1.807, 2.05) is 45.0 Å². The number of carbonyl (C=O) groups is 2. The fourth-order valence-electron chi connectivity index (χ4n) is 4.14. The van der Waals surface area contributed by atoms with Gasteiger partial charge in [0.1, 0.15) is 12.6 Å². The summed E-state index contributed by atoms with van der Waals surface area (Å²) in [4.78, 5) is 28.5. The zero-order chi connectivity index (χ0) is 29.4. The second kappa shape index (κ2) is 14.0. The number of hydrogen-bond donors (Lipinski definition) is 1. The van der Waals surface area contributed by atoms with Crippen molar-refractivity contribution in [1.29, 1.82) is 0 Å². The maximum absolute atomic E-state index is 14.0. The number of sulfonamides is 1. The fourth-order valence-corrected chi connectivity index (χ4v) is 6.05. The molecule has 7 nitrogen and oxygen atoms in total. The second-order valence-electron chi connectivity index (χ2n) is 9.72. The van der Waals surface area contributed by atoms with Crippen LogP contribution in [0.1, 0.15) is 43.4 Å². The summed E-state index contributed by atoms with van der Waals surface area (Å²) in [7, 11) is -4.21. The molecule has 40 heavy (non-hydrogen) atoms. The molecule has 0 saturated carbocycles. The van der Waals surface area contributed by atoms with E-state index >= 15 is 0 Å². The first kappa shape index (κ1) is 31.5. The van der Waals surface area contributed by atoms with Gasteiger partial charge in [0.2, 0.25) is 11.8 Å². The number of anilines is 1. The molecule has 3 aromatic carbocycles. The van der Waals surface area contributed by atoms with Gasteiger partial charge in [0.05, 0.1) is 10.6 Å². The van der Waals surface area contributed by atoms with Gasteiger partial charge in [0, 0.05) is 23.1 Å². The molecular formula is C30H35Cl2N3O4S. The number of unbranched alkanes of at least 4 members (excludes halogenated alkanes) is 1. The van der Waals surface area contributed by atoms with Crippen LogP contribution in [0.15, 0.2) is 71.6 Å². The number of amides is 2. The molecule has 0 heterocycles. The Bertz CT molecular complexity index is 1430. The summed E-state index contributed by atoms with van der Waals surface area (Å²) in [6.45, 7) is 7.49. The standard InChI is InChI=1S/C30H35Cl2N3O4S/c1-5-6-15-33-30(37)23(4)34(19-24-10-8-7-9-22(24)3)29(36)20-35(27-17-25(31)16-26(32)18-27)40(38,39)28-13-11-21(2)12-14-28/h7-14,16-18,23H,5-6,15,19-20H2,1-4H3,(H,33,37)/t23-/m0/s1. The maximum Gasteiger partial charge on any atom is 0.264 e. The Morgan fingerprint density at radius 2 is 1.57 bits per heavy atom. The summed E-state index contributed by atoms with van der Waals surface area (Å²) < 4.78 is 28.8. The predicted octanol–water partition coefficient (Wildman–Crippen LogP) is 6.14. The van der Waals surface area contributed by atoms with Gasteiger partial charge in [-0.3, -0.25) is 13.9 Å². The van der Waals surface area contributed by atoms with Gasteiger partial charge >= 0.3 is 0 Å². The number of carbonyl (C=O) groups excluding carboxylic acids is 2. The predicted molar refractivity (Wildman–Crippen MR) is 161 cm³/mol. The van der Waals surface area contributed by atoms with Crippen molar-refractivity contribution < 1.29 is 18.0 Å². The van der Waals surface area contributed by atoms with Gasteiger partial charge in [-0.15, -0.1) is 0 Å². The van der Waals surface area contributed by atoms with Crippen LogP contribution >= 0.6 is 23.2 Å². The Kier molecular flexibility index (Phi) is 11.0. The summed E-state index contributed by atoms with van der Waals surface area (Å²) in [6.07, 6.45) is 1.72. The number of halogens is 2. The van der Waals surface area contributed by atoms with E-state index in [-0.39, 0.29) is 33.1 Å². The molecule has 3 aromatic rings. The molecule has 0 fully saturated rings. The third kappa shape index (κ3) is 7.99. The minimum Gasteiger partial charge on any atom is -0.354 e. The zero-order valence-electron chi connectivity index (χ0n) is 23.2. The van der Waals surface area contributed by atoms with E-state index in [2.05, 4.69) is 5.32 Å². The minimum atomic E-state index is -4.21.